The molecule has 134 valence electrons. The number of carbonyl (C=O) groups excluding carboxylic acids is 2. The number of non-ortho nitro benzene ring substituents is 1. The quantitative estimate of drug-likeness (QED) is 0.405. The maximum Gasteiger partial charge on any atom is 0.270 e. The van der Waals surface area contributed by atoms with Gasteiger partial charge in [-0.3, -0.25) is 35.9 Å². The zero-order valence-corrected chi connectivity index (χ0v) is 15.1. The molecule has 0 atom stereocenters. The monoisotopic (exact) mass is 412 g/mol. The minimum absolute atomic E-state index is 0.0149. The first-order valence-electron chi connectivity index (χ1n) is 6.89. The molecule has 0 aliphatic rings. The van der Waals surface area contributed by atoms with Crippen LogP contribution >= 0.6 is 35.4 Å². The molecule has 0 unspecified atom stereocenters. The Labute approximate surface area is 162 Å². The van der Waals surface area contributed by atoms with Crippen LogP contribution in [0.4, 0.5) is 5.69 Å². The third-order valence-corrected chi connectivity index (χ3v) is 3.81. The number of nitro benzene ring substituents is 1. The lowest BCUT2D eigenvalue weighted by Crippen LogP contribution is -2.48. The van der Waals surface area contributed by atoms with E-state index in [1.807, 2.05) is 0 Å². The standard InChI is InChI=1S/C15H10Cl2N4O4S/c16-9-3-1-8(2-4-9)13(22)19-20-15(26)18-14(23)11-7-10(21(24)25)5-6-12(11)17/h1-7H,(H,19,22)(H2,18,20,23,26). The summed E-state index contributed by atoms with van der Waals surface area (Å²) >= 11 is 16.5. The number of nitro groups is 1. The van der Waals surface area contributed by atoms with Crippen LogP contribution in [0.25, 0.3) is 0 Å². The molecule has 2 rings (SSSR count). The largest absolute Gasteiger partial charge is 0.298 e. The molecule has 2 aromatic carbocycles. The van der Waals surface area contributed by atoms with E-state index in [9.17, 15) is 19.7 Å². The van der Waals surface area contributed by atoms with Gasteiger partial charge in [0.25, 0.3) is 17.5 Å². The molecule has 0 bridgehead atoms. The first-order valence-corrected chi connectivity index (χ1v) is 8.05. The number of benzene rings is 2. The molecular weight excluding hydrogens is 403 g/mol. The summed E-state index contributed by atoms with van der Waals surface area (Å²) in [5.74, 6) is -1.27. The maximum absolute atomic E-state index is 12.1. The first kappa shape index (κ1) is 19.6. The second-order valence-corrected chi connectivity index (χ2v) is 6.04. The molecule has 3 N–H and O–H groups in total. The molecule has 0 fully saturated rings. The third kappa shape index (κ3) is 5.12. The number of hydrogen-bond acceptors (Lipinski definition) is 5. The van der Waals surface area contributed by atoms with Crippen LogP contribution in [0.15, 0.2) is 42.5 Å². The van der Waals surface area contributed by atoms with Crippen molar-refractivity contribution in [2.75, 3.05) is 0 Å². The lowest BCUT2D eigenvalue weighted by atomic mass is 10.2. The summed E-state index contributed by atoms with van der Waals surface area (Å²) in [4.78, 5) is 34.2. The highest BCUT2D eigenvalue weighted by Crippen LogP contribution is 2.21. The lowest BCUT2D eigenvalue weighted by Gasteiger charge is -2.11. The predicted molar refractivity (Wildman–Crippen MR) is 100 cm³/mol. The molecule has 0 spiro atoms. The van der Waals surface area contributed by atoms with Crippen molar-refractivity contribution < 1.29 is 14.5 Å². The van der Waals surface area contributed by atoms with Gasteiger partial charge in [-0.25, -0.2) is 0 Å². The second-order valence-electron chi connectivity index (χ2n) is 4.79. The smallest absolute Gasteiger partial charge is 0.270 e. The molecule has 2 amide bonds. The highest BCUT2D eigenvalue weighted by molar-refractivity contribution is 7.80. The number of hydrazine groups is 1. The summed E-state index contributed by atoms with van der Waals surface area (Å²) in [7, 11) is 0. The zero-order valence-electron chi connectivity index (χ0n) is 12.8. The van der Waals surface area contributed by atoms with Crippen molar-refractivity contribution in [1.82, 2.24) is 16.2 Å². The Bertz CT molecular complexity index is 890. The van der Waals surface area contributed by atoms with E-state index in [2.05, 4.69) is 16.2 Å². The molecular formula is C15H10Cl2N4O4S. The van der Waals surface area contributed by atoms with E-state index in [0.29, 0.717) is 10.6 Å². The molecule has 26 heavy (non-hydrogen) atoms. The fourth-order valence-corrected chi connectivity index (χ4v) is 2.26. The van der Waals surface area contributed by atoms with Gasteiger partial charge in [0.05, 0.1) is 15.5 Å². The highest BCUT2D eigenvalue weighted by Gasteiger charge is 2.17. The molecule has 0 aromatic heterocycles. The van der Waals surface area contributed by atoms with Gasteiger partial charge in [0.2, 0.25) is 0 Å². The van der Waals surface area contributed by atoms with Crippen molar-refractivity contribution in [2.45, 2.75) is 0 Å². The molecule has 0 radical (unpaired) electrons. The van der Waals surface area contributed by atoms with Gasteiger partial charge >= 0.3 is 0 Å². The fraction of sp³-hybridized carbons (Fsp3) is 0. The van der Waals surface area contributed by atoms with Gasteiger partial charge in [-0.1, -0.05) is 23.2 Å². The van der Waals surface area contributed by atoms with E-state index in [1.54, 1.807) is 12.1 Å². The number of halogens is 2. The molecule has 0 saturated heterocycles. The Kier molecular flexibility index (Phi) is 6.45. The Morgan fingerprint density at radius 2 is 1.65 bits per heavy atom. The Morgan fingerprint density at radius 3 is 2.27 bits per heavy atom. The lowest BCUT2D eigenvalue weighted by molar-refractivity contribution is -0.384. The van der Waals surface area contributed by atoms with Crippen molar-refractivity contribution in [3.05, 3.63) is 73.8 Å². The van der Waals surface area contributed by atoms with Crippen LogP contribution in [0.5, 0.6) is 0 Å². The van der Waals surface area contributed by atoms with E-state index in [-0.39, 0.29) is 21.4 Å². The van der Waals surface area contributed by atoms with Crippen LogP contribution in [0.3, 0.4) is 0 Å². The molecule has 2 aromatic rings. The van der Waals surface area contributed by atoms with E-state index >= 15 is 0 Å². The van der Waals surface area contributed by atoms with Gasteiger partial charge in [-0.05, 0) is 42.5 Å². The van der Waals surface area contributed by atoms with Gasteiger partial charge in [0, 0.05) is 22.7 Å². The predicted octanol–water partition coefficient (Wildman–Crippen LogP) is 2.85. The van der Waals surface area contributed by atoms with Gasteiger partial charge < -0.3 is 0 Å². The Balaban J connectivity index is 1.96. The number of rotatable bonds is 3. The Hall–Kier alpha value is -2.75. The highest BCUT2D eigenvalue weighted by atomic mass is 35.5. The number of thiocarbonyl (C=S) groups is 1. The fourth-order valence-electron chi connectivity index (χ4n) is 1.79. The topological polar surface area (TPSA) is 113 Å². The average molecular weight is 413 g/mol. The number of carbonyl (C=O) groups is 2. The van der Waals surface area contributed by atoms with Crippen LogP contribution in [0, 0.1) is 10.1 Å². The Morgan fingerprint density at radius 1 is 1.00 bits per heavy atom. The SMILES string of the molecule is O=C(NNC(=S)NC(=O)c1cc([N+](=O)[O-])ccc1Cl)c1ccc(Cl)cc1. The minimum atomic E-state index is -0.767. The molecule has 11 heteroatoms. The summed E-state index contributed by atoms with van der Waals surface area (Å²) in [5, 5.41) is 13.3. The molecule has 0 saturated carbocycles. The summed E-state index contributed by atoms with van der Waals surface area (Å²) < 4.78 is 0. The summed E-state index contributed by atoms with van der Waals surface area (Å²) in [6.45, 7) is 0. The third-order valence-electron chi connectivity index (χ3n) is 3.03. The normalized spacial score (nSPS) is 9.92. The summed E-state index contributed by atoms with van der Waals surface area (Å²) in [5.41, 5.74) is 4.52. The maximum atomic E-state index is 12.1. The average Bonchev–Trinajstić information content (AvgIpc) is 2.60. The van der Waals surface area contributed by atoms with Crippen molar-refractivity contribution in [2.24, 2.45) is 0 Å². The van der Waals surface area contributed by atoms with E-state index in [1.165, 1.54) is 24.3 Å². The second kappa shape index (κ2) is 8.56. The van der Waals surface area contributed by atoms with E-state index in [0.717, 1.165) is 6.07 Å². The van der Waals surface area contributed by atoms with Crippen molar-refractivity contribution in [3.8, 4) is 0 Å². The van der Waals surface area contributed by atoms with Gasteiger partial charge in [0.1, 0.15) is 0 Å². The zero-order chi connectivity index (χ0) is 19.3. The van der Waals surface area contributed by atoms with Crippen LogP contribution in [0.2, 0.25) is 10.0 Å². The van der Waals surface area contributed by atoms with E-state index in [4.69, 9.17) is 35.4 Å². The summed E-state index contributed by atoms with van der Waals surface area (Å²) in [6.07, 6.45) is 0. The molecule has 0 aliphatic heterocycles. The van der Waals surface area contributed by atoms with Gasteiger partial charge in [-0.15, -0.1) is 0 Å². The van der Waals surface area contributed by atoms with Gasteiger partial charge in [-0.2, -0.15) is 0 Å². The number of nitrogens with one attached hydrogen (secondary N) is 3. The van der Waals surface area contributed by atoms with Crippen molar-refractivity contribution in [1.29, 1.82) is 0 Å². The van der Waals surface area contributed by atoms with Crippen LogP contribution in [-0.2, 0) is 0 Å². The number of nitrogens with zero attached hydrogens (tertiary/aromatic N) is 1. The first-order chi connectivity index (χ1) is 12.3. The van der Waals surface area contributed by atoms with Crippen LogP contribution in [-0.4, -0.2) is 21.9 Å². The van der Waals surface area contributed by atoms with Crippen LogP contribution in [0.1, 0.15) is 20.7 Å². The minimum Gasteiger partial charge on any atom is -0.298 e. The van der Waals surface area contributed by atoms with E-state index < -0.39 is 16.7 Å². The van der Waals surface area contributed by atoms with Crippen LogP contribution < -0.4 is 16.2 Å². The van der Waals surface area contributed by atoms with Crippen molar-refractivity contribution in [3.63, 3.8) is 0 Å². The summed E-state index contributed by atoms with van der Waals surface area (Å²) in [6, 6.07) is 9.51. The molecule has 0 heterocycles. The number of hydrogen-bond donors (Lipinski definition) is 3. The molecule has 8 nitrogen and oxygen atoms in total. The number of amides is 2. The molecule has 0 aliphatic carbocycles. The van der Waals surface area contributed by atoms with Crippen molar-refractivity contribution >= 4 is 58.0 Å². The van der Waals surface area contributed by atoms with Gasteiger partial charge in [0.15, 0.2) is 5.11 Å².